The first-order valence-electron chi connectivity index (χ1n) is 14.1. The van der Waals surface area contributed by atoms with Gasteiger partial charge in [-0.25, -0.2) is 9.78 Å². The van der Waals surface area contributed by atoms with E-state index in [0.717, 1.165) is 65.7 Å². The number of anilines is 1. The van der Waals surface area contributed by atoms with Crippen molar-refractivity contribution in [3.8, 4) is 0 Å². The van der Waals surface area contributed by atoms with Crippen LogP contribution in [0.15, 0.2) is 83.5 Å². The third kappa shape index (κ3) is 6.32. The number of nitrogens with one attached hydrogen (secondary N) is 1. The van der Waals surface area contributed by atoms with Crippen LogP contribution in [0.3, 0.4) is 0 Å². The van der Waals surface area contributed by atoms with Crippen LogP contribution >= 0.6 is 23.4 Å². The van der Waals surface area contributed by atoms with E-state index < -0.39 is 5.97 Å². The van der Waals surface area contributed by atoms with Crippen molar-refractivity contribution < 1.29 is 9.90 Å². The van der Waals surface area contributed by atoms with Crippen LogP contribution in [-0.2, 0) is 0 Å². The van der Waals surface area contributed by atoms with E-state index in [4.69, 9.17) is 11.6 Å². The molecule has 41 heavy (non-hydrogen) atoms. The van der Waals surface area contributed by atoms with Gasteiger partial charge < -0.3 is 15.0 Å². The topological polar surface area (TPSA) is 72.5 Å². The van der Waals surface area contributed by atoms with Crippen LogP contribution in [0.1, 0.15) is 49.0 Å². The van der Waals surface area contributed by atoms with Crippen LogP contribution in [-0.4, -0.2) is 57.5 Å². The summed E-state index contributed by atoms with van der Waals surface area (Å²) in [6, 6.07) is 19.9. The highest BCUT2D eigenvalue weighted by atomic mass is 35.5. The van der Waals surface area contributed by atoms with Gasteiger partial charge in [0.15, 0.2) is 0 Å². The molecule has 6 nitrogen and oxygen atoms in total. The maximum Gasteiger partial charge on any atom is 0.335 e. The van der Waals surface area contributed by atoms with Gasteiger partial charge >= 0.3 is 5.97 Å². The fourth-order valence-corrected chi connectivity index (χ4v) is 7.40. The van der Waals surface area contributed by atoms with E-state index in [-0.39, 0.29) is 10.8 Å². The number of piperazine rings is 1. The number of carbonyl (C=O) groups is 1. The predicted molar refractivity (Wildman–Crippen MR) is 169 cm³/mol. The molecule has 0 amide bonds. The first-order chi connectivity index (χ1) is 19.7. The molecular weight excluding hydrogens is 552 g/mol. The minimum absolute atomic E-state index is 0.150. The molecule has 3 heterocycles. The second-order valence-corrected chi connectivity index (χ2v) is 13.6. The van der Waals surface area contributed by atoms with Crippen molar-refractivity contribution in [2.45, 2.75) is 43.4 Å². The van der Waals surface area contributed by atoms with Gasteiger partial charge in [-0.15, -0.1) is 0 Å². The molecule has 2 aromatic heterocycles. The minimum atomic E-state index is -0.904. The number of hydrogen-bond donors (Lipinski definition) is 2. The number of halogens is 1. The van der Waals surface area contributed by atoms with E-state index in [9.17, 15) is 9.90 Å². The highest BCUT2D eigenvalue weighted by Gasteiger charge is 2.32. The number of allylic oxidation sites excluding steroid dienone is 1. The first kappa shape index (κ1) is 27.9. The summed E-state index contributed by atoms with van der Waals surface area (Å²) in [5.41, 5.74) is 6.81. The van der Waals surface area contributed by atoms with Gasteiger partial charge in [0.1, 0.15) is 5.65 Å². The lowest BCUT2D eigenvalue weighted by Crippen LogP contribution is -2.52. The van der Waals surface area contributed by atoms with E-state index in [1.165, 1.54) is 23.1 Å². The third-order valence-corrected chi connectivity index (χ3v) is 9.73. The molecule has 0 bridgehead atoms. The third-order valence-electron chi connectivity index (χ3n) is 8.31. The number of hydrogen-bond acceptors (Lipinski definition) is 5. The lowest BCUT2D eigenvalue weighted by molar-refractivity contribution is 0.0697. The Kier molecular flexibility index (Phi) is 7.86. The highest BCUT2D eigenvalue weighted by molar-refractivity contribution is 8.00. The van der Waals surface area contributed by atoms with Crippen molar-refractivity contribution in [2.24, 2.45) is 5.41 Å². The number of thioether (sulfide) groups is 1. The highest BCUT2D eigenvalue weighted by Crippen LogP contribution is 2.44. The second-order valence-electron chi connectivity index (χ2n) is 11.9. The SMILES string of the molecule is CC1(C)CCC(CN2CCN(c3ccc(C(=O)O)cc3)C(Sc3cnc4[nH]ccc4c3)C2)=C(c2ccc(Cl)cc2)C1. The Morgan fingerprint density at radius 1 is 1.12 bits per heavy atom. The van der Waals surface area contributed by atoms with Crippen molar-refractivity contribution in [3.63, 3.8) is 0 Å². The average Bonchev–Trinajstić information content (AvgIpc) is 3.43. The quantitative estimate of drug-likeness (QED) is 0.230. The molecule has 6 rings (SSSR count). The normalized spacial score (nSPS) is 19.6. The molecule has 1 aliphatic heterocycles. The fraction of sp³-hybridized carbons (Fsp3) is 0.333. The number of pyridine rings is 1. The molecule has 1 unspecified atom stereocenters. The van der Waals surface area contributed by atoms with Gasteiger partial charge in [0.05, 0.1) is 10.9 Å². The van der Waals surface area contributed by atoms with Crippen LogP contribution in [0.2, 0.25) is 5.02 Å². The van der Waals surface area contributed by atoms with Gasteiger partial charge in [-0.3, -0.25) is 4.90 Å². The molecule has 0 spiro atoms. The summed E-state index contributed by atoms with van der Waals surface area (Å²) in [5, 5.41) is 11.4. The zero-order valence-corrected chi connectivity index (χ0v) is 25.0. The van der Waals surface area contributed by atoms with Crippen LogP contribution < -0.4 is 4.90 Å². The summed E-state index contributed by atoms with van der Waals surface area (Å²) >= 11 is 8.05. The van der Waals surface area contributed by atoms with E-state index in [0.29, 0.717) is 5.56 Å². The average molecular weight is 587 g/mol. The lowest BCUT2D eigenvalue weighted by atomic mass is 9.72. The molecule has 2 aliphatic rings. The zero-order valence-electron chi connectivity index (χ0n) is 23.4. The summed E-state index contributed by atoms with van der Waals surface area (Å²) < 4.78 is 0. The molecule has 0 radical (unpaired) electrons. The van der Waals surface area contributed by atoms with Crippen molar-refractivity contribution in [2.75, 3.05) is 31.1 Å². The molecule has 2 N–H and O–H groups in total. The molecule has 2 aromatic carbocycles. The molecule has 0 saturated carbocycles. The number of carboxylic acids is 1. The number of rotatable bonds is 7. The number of nitrogens with zero attached hydrogens (tertiary/aromatic N) is 3. The van der Waals surface area contributed by atoms with Gasteiger partial charge in [0.2, 0.25) is 0 Å². The number of aromatic nitrogens is 2. The number of aromatic amines is 1. The summed E-state index contributed by atoms with van der Waals surface area (Å²) in [6.45, 7) is 8.38. The Bertz CT molecular complexity index is 1580. The standard InChI is InChI=1S/C33H35ClN4O2S/c1-33(2)13-11-25(29(18-33)22-3-7-26(34)8-4-22)20-37-15-16-38(27-9-5-23(6-10-27)32(39)40)30(21-37)41-28-17-24-12-14-35-31(24)36-19-28/h3-10,12,14,17,19,30H,11,13,15-16,18,20-21H2,1-2H3,(H,35,36)(H,39,40). The summed E-state index contributed by atoms with van der Waals surface area (Å²) in [6.07, 6.45) is 7.23. The fourth-order valence-electron chi connectivity index (χ4n) is 6.01. The first-order valence-corrected chi connectivity index (χ1v) is 15.4. The molecule has 212 valence electrons. The van der Waals surface area contributed by atoms with E-state index in [2.05, 4.69) is 57.9 Å². The van der Waals surface area contributed by atoms with Gasteiger partial charge in [-0.2, -0.15) is 0 Å². The number of H-pyrrole nitrogens is 1. The Hall–Kier alpha value is -3.26. The molecule has 1 atom stereocenters. The Morgan fingerprint density at radius 3 is 2.66 bits per heavy atom. The van der Waals surface area contributed by atoms with Crippen LogP contribution in [0.4, 0.5) is 5.69 Å². The maximum absolute atomic E-state index is 11.5. The van der Waals surface area contributed by atoms with Crippen molar-refractivity contribution in [3.05, 3.63) is 94.8 Å². The van der Waals surface area contributed by atoms with Crippen molar-refractivity contribution >= 4 is 51.6 Å². The van der Waals surface area contributed by atoms with Crippen LogP contribution in [0, 0.1) is 5.41 Å². The largest absolute Gasteiger partial charge is 0.478 e. The summed E-state index contributed by atoms with van der Waals surface area (Å²) in [5.74, 6) is -0.904. The minimum Gasteiger partial charge on any atom is -0.478 e. The van der Waals surface area contributed by atoms with Crippen molar-refractivity contribution in [1.29, 1.82) is 0 Å². The number of benzene rings is 2. The molecule has 4 aromatic rings. The number of aromatic carboxylic acids is 1. The van der Waals surface area contributed by atoms with Crippen molar-refractivity contribution in [1.82, 2.24) is 14.9 Å². The summed E-state index contributed by atoms with van der Waals surface area (Å²) in [7, 11) is 0. The molecule has 1 saturated heterocycles. The Balaban J connectivity index is 1.28. The van der Waals surface area contributed by atoms with E-state index in [1.54, 1.807) is 12.1 Å². The van der Waals surface area contributed by atoms with Gasteiger partial charge in [0, 0.05) is 59.6 Å². The van der Waals surface area contributed by atoms with Gasteiger partial charge in [-0.1, -0.05) is 54.9 Å². The zero-order chi connectivity index (χ0) is 28.6. The lowest BCUT2D eigenvalue weighted by Gasteiger charge is -2.43. The van der Waals surface area contributed by atoms with Crippen LogP contribution in [0.5, 0.6) is 0 Å². The number of carboxylic acid groups (broad SMARTS) is 1. The molecule has 8 heteroatoms. The van der Waals surface area contributed by atoms with Crippen LogP contribution in [0.25, 0.3) is 16.6 Å². The Morgan fingerprint density at radius 2 is 1.90 bits per heavy atom. The predicted octanol–water partition coefficient (Wildman–Crippen LogP) is 7.82. The smallest absolute Gasteiger partial charge is 0.335 e. The monoisotopic (exact) mass is 586 g/mol. The Labute approximate surface area is 250 Å². The molecule has 1 aliphatic carbocycles. The molecular formula is C33H35ClN4O2S. The maximum atomic E-state index is 11.5. The van der Waals surface area contributed by atoms with E-state index in [1.807, 2.05) is 48.4 Å². The summed E-state index contributed by atoms with van der Waals surface area (Å²) in [4.78, 5) is 25.4. The second kappa shape index (κ2) is 11.6. The van der Waals surface area contributed by atoms with E-state index >= 15 is 0 Å². The molecule has 1 fully saturated rings. The van der Waals surface area contributed by atoms with Gasteiger partial charge in [0.25, 0.3) is 0 Å². The van der Waals surface area contributed by atoms with Gasteiger partial charge in [-0.05, 0) is 84.3 Å². The number of fused-ring (bicyclic) bond motifs is 1.